The maximum absolute atomic E-state index is 5.87. The number of hydrogen-bond donors (Lipinski definition) is 0. The average molecular weight is 188 g/mol. The van der Waals surface area contributed by atoms with Gasteiger partial charge < -0.3 is 4.43 Å². The lowest BCUT2D eigenvalue weighted by Crippen LogP contribution is -2.25. The van der Waals surface area contributed by atoms with Gasteiger partial charge in [-0.15, -0.1) is 0 Å². The third kappa shape index (κ3) is 3.87. The van der Waals surface area contributed by atoms with Crippen LogP contribution in [0.1, 0.15) is 6.42 Å². The van der Waals surface area contributed by atoms with Crippen molar-refractivity contribution in [2.45, 2.75) is 26.1 Å². The lowest BCUT2D eigenvalue weighted by molar-refractivity contribution is 0.404. The number of thioether (sulfide) groups is 1. The summed E-state index contributed by atoms with van der Waals surface area (Å²) in [6, 6.07) is 0. The van der Waals surface area contributed by atoms with Crippen molar-refractivity contribution in [3.05, 3.63) is 11.8 Å². The summed E-state index contributed by atoms with van der Waals surface area (Å²) >= 11 is 1.98. The first-order valence-corrected chi connectivity index (χ1v) is 8.60. The van der Waals surface area contributed by atoms with Crippen LogP contribution in [-0.2, 0) is 4.43 Å². The largest absolute Gasteiger partial charge is 0.548 e. The normalized spacial score (nSPS) is 19.4. The molecule has 1 nitrogen and oxygen atoms in total. The van der Waals surface area contributed by atoms with E-state index in [-0.39, 0.29) is 0 Å². The van der Waals surface area contributed by atoms with E-state index in [2.05, 4.69) is 25.7 Å². The third-order valence-corrected chi connectivity index (χ3v) is 3.13. The summed E-state index contributed by atoms with van der Waals surface area (Å²) in [4.78, 5) is 0. The Morgan fingerprint density at radius 2 is 2.18 bits per heavy atom. The molecule has 1 rings (SSSR count). The van der Waals surface area contributed by atoms with Crippen LogP contribution in [0.5, 0.6) is 0 Å². The second-order valence-electron chi connectivity index (χ2n) is 3.71. The number of hydrogen-bond acceptors (Lipinski definition) is 2. The predicted molar refractivity (Wildman–Crippen MR) is 54.5 cm³/mol. The molecule has 0 aliphatic carbocycles. The molecule has 1 aliphatic heterocycles. The summed E-state index contributed by atoms with van der Waals surface area (Å²) < 4.78 is 5.87. The highest BCUT2D eigenvalue weighted by Gasteiger charge is 2.18. The molecule has 0 unspecified atom stereocenters. The minimum absolute atomic E-state index is 1.13. The average Bonchev–Trinajstić information content (AvgIpc) is 1.85. The van der Waals surface area contributed by atoms with Crippen LogP contribution in [0.25, 0.3) is 0 Å². The van der Waals surface area contributed by atoms with Crippen LogP contribution in [0.2, 0.25) is 19.6 Å². The second-order valence-corrected chi connectivity index (χ2v) is 9.29. The smallest absolute Gasteiger partial charge is 0.241 e. The zero-order valence-electron chi connectivity index (χ0n) is 7.52. The summed E-state index contributed by atoms with van der Waals surface area (Å²) in [5.74, 6) is 3.61. The summed E-state index contributed by atoms with van der Waals surface area (Å²) in [5, 5.41) is 0. The molecule has 0 aromatic rings. The van der Waals surface area contributed by atoms with Gasteiger partial charge in [0, 0.05) is 17.9 Å². The molecule has 0 radical (unpaired) electrons. The quantitative estimate of drug-likeness (QED) is 0.616. The van der Waals surface area contributed by atoms with Gasteiger partial charge in [0.2, 0.25) is 8.32 Å². The topological polar surface area (TPSA) is 9.23 Å². The Balaban J connectivity index is 2.42. The molecule has 0 saturated carbocycles. The Hall–Kier alpha value is 0.107. The Morgan fingerprint density at radius 1 is 1.45 bits per heavy atom. The zero-order chi connectivity index (χ0) is 8.32. The molecule has 3 heteroatoms. The molecule has 0 atom stereocenters. The van der Waals surface area contributed by atoms with E-state index in [1.165, 1.54) is 11.5 Å². The Bertz CT molecular complexity index is 160. The van der Waals surface area contributed by atoms with Gasteiger partial charge in [-0.1, -0.05) is 0 Å². The molecular weight excluding hydrogens is 172 g/mol. The first-order chi connectivity index (χ1) is 5.08. The Kier molecular flexibility index (Phi) is 3.07. The van der Waals surface area contributed by atoms with Crippen molar-refractivity contribution in [2.75, 3.05) is 11.5 Å². The van der Waals surface area contributed by atoms with Crippen molar-refractivity contribution < 1.29 is 4.43 Å². The van der Waals surface area contributed by atoms with E-state index >= 15 is 0 Å². The molecule has 1 aliphatic rings. The van der Waals surface area contributed by atoms with Crippen molar-refractivity contribution in [1.82, 2.24) is 0 Å². The van der Waals surface area contributed by atoms with Gasteiger partial charge in [0.15, 0.2) is 0 Å². The van der Waals surface area contributed by atoms with Crippen LogP contribution in [-0.4, -0.2) is 19.8 Å². The van der Waals surface area contributed by atoms with Gasteiger partial charge in [-0.25, -0.2) is 0 Å². The summed E-state index contributed by atoms with van der Waals surface area (Å²) in [5.41, 5.74) is 0. The van der Waals surface area contributed by atoms with E-state index in [9.17, 15) is 0 Å². The van der Waals surface area contributed by atoms with Gasteiger partial charge in [0.05, 0.1) is 5.76 Å². The molecular formula is C8H16OSSi. The van der Waals surface area contributed by atoms with Crippen molar-refractivity contribution >= 4 is 20.1 Å². The number of rotatable bonds is 2. The van der Waals surface area contributed by atoms with Gasteiger partial charge in [0.1, 0.15) is 0 Å². The molecule has 0 spiro atoms. The van der Waals surface area contributed by atoms with Crippen LogP contribution >= 0.6 is 11.8 Å². The van der Waals surface area contributed by atoms with Crippen LogP contribution in [0.3, 0.4) is 0 Å². The van der Waals surface area contributed by atoms with Crippen molar-refractivity contribution in [3.8, 4) is 0 Å². The van der Waals surface area contributed by atoms with E-state index in [0.29, 0.717) is 0 Å². The lowest BCUT2D eigenvalue weighted by atomic mass is 10.4. The summed E-state index contributed by atoms with van der Waals surface area (Å²) in [7, 11) is -1.32. The van der Waals surface area contributed by atoms with Crippen LogP contribution in [0.4, 0.5) is 0 Å². The zero-order valence-corrected chi connectivity index (χ0v) is 9.33. The molecule has 0 amide bonds. The molecule has 0 aromatic heterocycles. The highest BCUT2D eigenvalue weighted by atomic mass is 32.2. The van der Waals surface area contributed by atoms with Crippen molar-refractivity contribution in [3.63, 3.8) is 0 Å². The highest BCUT2D eigenvalue weighted by molar-refractivity contribution is 7.99. The molecule has 64 valence electrons. The molecule has 0 bridgehead atoms. The lowest BCUT2D eigenvalue weighted by Gasteiger charge is -2.23. The van der Waals surface area contributed by atoms with Crippen LogP contribution in [0, 0.1) is 0 Å². The minimum atomic E-state index is -1.32. The van der Waals surface area contributed by atoms with E-state index in [0.717, 1.165) is 12.2 Å². The third-order valence-electron chi connectivity index (χ3n) is 1.36. The number of allylic oxidation sites excluding steroid dienone is 1. The first-order valence-electron chi connectivity index (χ1n) is 4.04. The Labute approximate surface area is 74.3 Å². The molecule has 0 aromatic carbocycles. The van der Waals surface area contributed by atoms with Gasteiger partial charge in [0.25, 0.3) is 0 Å². The van der Waals surface area contributed by atoms with Crippen molar-refractivity contribution in [1.29, 1.82) is 0 Å². The predicted octanol–water partition coefficient (Wildman–Crippen LogP) is 2.86. The standard InChI is InChI=1S/C8H16OSSi/c1-11(2,3)9-8-4-6-10-7-5-8/h4H,5-7H2,1-3H3. The Morgan fingerprint density at radius 3 is 2.64 bits per heavy atom. The van der Waals surface area contributed by atoms with Gasteiger partial charge >= 0.3 is 0 Å². The van der Waals surface area contributed by atoms with E-state index in [4.69, 9.17) is 4.43 Å². The van der Waals surface area contributed by atoms with Crippen LogP contribution in [0.15, 0.2) is 11.8 Å². The fourth-order valence-corrected chi connectivity index (χ4v) is 2.78. The molecule has 0 fully saturated rings. The monoisotopic (exact) mass is 188 g/mol. The maximum Gasteiger partial charge on any atom is 0.241 e. The van der Waals surface area contributed by atoms with E-state index < -0.39 is 8.32 Å². The van der Waals surface area contributed by atoms with E-state index in [1.54, 1.807) is 0 Å². The summed E-state index contributed by atoms with van der Waals surface area (Å²) in [6.45, 7) is 6.70. The fraction of sp³-hybridized carbons (Fsp3) is 0.750. The maximum atomic E-state index is 5.87. The van der Waals surface area contributed by atoms with Gasteiger partial charge in [-0.2, -0.15) is 11.8 Å². The summed E-state index contributed by atoms with van der Waals surface area (Å²) in [6.07, 6.45) is 3.36. The van der Waals surface area contributed by atoms with Gasteiger partial charge in [-0.05, 0) is 25.7 Å². The molecule has 0 N–H and O–H groups in total. The van der Waals surface area contributed by atoms with Gasteiger partial charge in [-0.3, -0.25) is 0 Å². The fourth-order valence-electron chi connectivity index (χ4n) is 0.996. The van der Waals surface area contributed by atoms with Crippen molar-refractivity contribution in [2.24, 2.45) is 0 Å². The first kappa shape index (κ1) is 9.20. The van der Waals surface area contributed by atoms with E-state index in [1.807, 2.05) is 11.8 Å². The molecule has 1 heterocycles. The second kappa shape index (κ2) is 3.67. The SMILES string of the molecule is C[Si](C)(C)OC1=CCSCC1. The molecule has 0 saturated heterocycles. The molecule has 11 heavy (non-hydrogen) atoms. The van der Waals surface area contributed by atoms with Crippen LogP contribution < -0.4 is 0 Å². The highest BCUT2D eigenvalue weighted by Crippen LogP contribution is 2.21. The minimum Gasteiger partial charge on any atom is -0.548 e.